The Labute approximate surface area is 94.8 Å². The quantitative estimate of drug-likeness (QED) is 0.829. The van der Waals surface area contributed by atoms with Gasteiger partial charge in [0.15, 0.2) is 0 Å². The molecule has 0 spiro atoms. The van der Waals surface area contributed by atoms with Gasteiger partial charge in [0.05, 0.1) is 17.9 Å². The highest BCUT2D eigenvalue weighted by Gasteiger charge is 2.10. The molecular formula is C10H18N4S. The van der Waals surface area contributed by atoms with Crippen LogP contribution in [0, 0.1) is 6.92 Å². The van der Waals surface area contributed by atoms with E-state index in [4.69, 9.17) is 5.73 Å². The first kappa shape index (κ1) is 10.8. The van der Waals surface area contributed by atoms with E-state index in [0.29, 0.717) is 0 Å². The van der Waals surface area contributed by atoms with E-state index in [1.807, 2.05) is 29.6 Å². The van der Waals surface area contributed by atoms with Gasteiger partial charge in [0.2, 0.25) is 0 Å². The number of thioether (sulfide) groups is 1. The minimum absolute atomic E-state index is 0.796. The van der Waals surface area contributed by atoms with E-state index < -0.39 is 0 Å². The van der Waals surface area contributed by atoms with Gasteiger partial charge in [-0.15, -0.1) is 0 Å². The molecule has 1 aromatic heterocycles. The van der Waals surface area contributed by atoms with Crippen molar-refractivity contribution in [3.8, 4) is 0 Å². The summed E-state index contributed by atoms with van der Waals surface area (Å²) in [6.45, 7) is 6.40. The fraction of sp³-hybridized carbons (Fsp3) is 0.700. The molecule has 0 saturated carbocycles. The number of hydrogen-bond acceptors (Lipinski definition) is 4. The van der Waals surface area contributed by atoms with Crippen LogP contribution in [-0.2, 0) is 6.54 Å². The van der Waals surface area contributed by atoms with Crippen molar-refractivity contribution >= 4 is 17.4 Å². The summed E-state index contributed by atoms with van der Waals surface area (Å²) >= 11 is 2.04. The molecule has 2 rings (SSSR count). The van der Waals surface area contributed by atoms with Gasteiger partial charge >= 0.3 is 0 Å². The summed E-state index contributed by atoms with van der Waals surface area (Å²) < 4.78 is 1.95. The van der Waals surface area contributed by atoms with Gasteiger partial charge in [-0.3, -0.25) is 9.58 Å². The van der Waals surface area contributed by atoms with Crippen LogP contribution < -0.4 is 5.73 Å². The van der Waals surface area contributed by atoms with E-state index in [-0.39, 0.29) is 0 Å². The van der Waals surface area contributed by atoms with Crippen LogP contribution in [0.4, 0.5) is 5.69 Å². The molecule has 0 aliphatic carbocycles. The number of aryl methyl sites for hydroxylation is 1. The molecule has 4 nitrogen and oxygen atoms in total. The number of hydrogen-bond donors (Lipinski definition) is 1. The Balaban J connectivity index is 1.81. The van der Waals surface area contributed by atoms with Crippen molar-refractivity contribution in [2.24, 2.45) is 0 Å². The molecule has 0 unspecified atom stereocenters. The van der Waals surface area contributed by atoms with Gasteiger partial charge < -0.3 is 5.73 Å². The molecule has 0 bridgehead atoms. The van der Waals surface area contributed by atoms with Crippen LogP contribution >= 0.6 is 11.8 Å². The number of rotatable bonds is 3. The van der Waals surface area contributed by atoms with Crippen molar-refractivity contribution in [3.63, 3.8) is 0 Å². The van der Waals surface area contributed by atoms with Crippen LogP contribution in [0.2, 0.25) is 0 Å². The first-order valence-corrected chi connectivity index (χ1v) is 6.51. The van der Waals surface area contributed by atoms with Gasteiger partial charge in [-0.25, -0.2) is 0 Å². The predicted molar refractivity (Wildman–Crippen MR) is 65.1 cm³/mol. The molecule has 1 aromatic rings. The van der Waals surface area contributed by atoms with E-state index >= 15 is 0 Å². The largest absolute Gasteiger partial charge is 0.396 e. The average Bonchev–Trinajstić information content (AvgIpc) is 2.57. The lowest BCUT2D eigenvalue weighted by atomic mass is 10.4. The lowest BCUT2D eigenvalue weighted by molar-refractivity contribution is 0.284. The number of nitrogens with zero attached hydrogens (tertiary/aromatic N) is 3. The van der Waals surface area contributed by atoms with Crippen LogP contribution in [0.1, 0.15) is 5.69 Å². The fourth-order valence-corrected chi connectivity index (χ4v) is 2.70. The van der Waals surface area contributed by atoms with Crippen molar-refractivity contribution in [2.75, 3.05) is 36.9 Å². The Morgan fingerprint density at radius 2 is 2.13 bits per heavy atom. The van der Waals surface area contributed by atoms with Crippen LogP contribution in [0.25, 0.3) is 0 Å². The van der Waals surface area contributed by atoms with Crippen LogP contribution in [0.15, 0.2) is 6.20 Å². The molecular weight excluding hydrogens is 208 g/mol. The summed E-state index contributed by atoms with van der Waals surface area (Å²) in [5.41, 5.74) is 7.48. The Morgan fingerprint density at radius 1 is 1.40 bits per heavy atom. The smallest absolute Gasteiger partial charge is 0.0822 e. The third-order valence-electron chi connectivity index (χ3n) is 2.73. The minimum Gasteiger partial charge on any atom is -0.396 e. The topological polar surface area (TPSA) is 47.1 Å². The molecule has 1 fully saturated rings. The highest BCUT2D eigenvalue weighted by Crippen LogP contribution is 2.10. The first-order valence-electron chi connectivity index (χ1n) is 5.35. The van der Waals surface area contributed by atoms with E-state index in [0.717, 1.165) is 24.5 Å². The maximum Gasteiger partial charge on any atom is 0.0822 e. The van der Waals surface area contributed by atoms with Crippen molar-refractivity contribution in [3.05, 3.63) is 11.9 Å². The summed E-state index contributed by atoms with van der Waals surface area (Å²) in [5, 5.41) is 4.35. The molecule has 1 aliphatic heterocycles. The molecule has 2 heterocycles. The molecule has 5 heteroatoms. The monoisotopic (exact) mass is 226 g/mol. The fourth-order valence-electron chi connectivity index (χ4n) is 1.72. The standard InChI is InChI=1S/C10H18N4S/c1-9-10(11)8-14(12-9)3-2-13-4-6-15-7-5-13/h8H,2-7,11H2,1H3. The van der Waals surface area contributed by atoms with Crippen molar-refractivity contribution in [1.29, 1.82) is 0 Å². The SMILES string of the molecule is Cc1nn(CCN2CCSCC2)cc1N. The summed E-state index contributed by atoms with van der Waals surface area (Å²) in [5.74, 6) is 2.53. The average molecular weight is 226 g/mol. The van der Waals surface area contributed by atoms with Crippen molar-refractivity contribution in [1.82, 2.24) is 14.7 Å². The summed E-state index contributed by atoms with van der Waals surface area (Å²) in [6.07, 6.45) is 1.92. The lowest BCUT2D eigenvalue weighted by Crippen LogP contribution is -2.35. The number of nitrogens with two attached hydrogens (primary N) is 1. The third kappa shape index (κ3) is 2.89. The predicted octanol–water partition coefficient (Wildman–Crippen LogP) is 0.823. The third-order valence-corrected chi connectivity index (χ3v) is 3.68. The minimum atomic E-state index is 0.796. The molecule has 0 amide bonds. The van der Waals surface area contributed by atoms with Crippen LogP contribution in [0.3, 0.4) is 0 Å². The second kappa shape index (κ2) is 4.90. The van der Waals surface area contributed by atoms with E-state index in [2.05, 4.69) is 10.00 Å². The number of nitrogen functional groups attached to an aromatic ring is 1. The van der Waals surface area contributed by atoms with Gasteiger partial charge in [-0.1, -0.05) is 0 Å². The maximum atomic E-state index is 5.75. The Morgan fingerprint density at radius 3 is 2.73 bits per heavy atom. The maximum absolute atomic E-state index is 5.75. The Bertz CT molecular complexity index is 298. The zero-order valence-electron chi connectivity index (χ0n) is 9.15. The highest BCUT2D eigenvalue weighted by atomic mass is 32.2. The normalized spacial score (nSPS) is 18.2. The van der Waals surface area contributed by atoms with Crippen molar-refractivity contribution < 1.29 is 0 Å². The molecule has 84 valence electrons. The second-order valence-electron chi connectivity index (χ2n) is 3.89. The Kier molecular flexibility index (Phi) is 3.53. The molecule has 2 N–H and O–H groups in total. The van der Waals surface area contributed by atoms with Gasteiger partial charge in [-0.2, -0.15) is 16.9 Å². The van der Waals surface area contributed by atoms with Crippen LogP contribution in [0.5, 0.6) is 0 Å². The first-order chi connectivity index (χ1) is 7.25. The second-order valence-corrected chi connectivity index (χ2v) is 5.11. The molecule has 0 atom stereocenters. The van der Waals surface area contributed by atoms with Gasteiger partial charge in [0.25, 0.3) is 0 Å². The number of anilines is 1. The zero-order chi connectivity index (χ0) is 10.7. The molecule has 15 heavy (non-hydrogen) atoms. The molecule has 0 radical (unpaired) electrons. The molecule has 1 saturated heterocycles. The Hall–Kier alpha value is -0.680. The lowest BCUT2D eigenvalue weighted by Gasteiger charge is -2.25. The van der Waals surface area contributed by atoms with Gasteiger partial charge in [0, 0.05) is 37.3 Å². The highest BCUT2D eigenvalue weighted by molar-refractivity contribution is 7.99. The zero-order valence-corrected chi connectivity index (χ0v) is 9.96. The summed E-state index contributed by atoms with van der Waals surface area (Å²) in [7, 11) is 0. The van der Waals surface area contributed by atoms with Crippen LogP contribution in [-0.4, -0.2) is 45.8 Å². The molecule has 1 aliphatic rings. The molecule has 0 aromatic carbocycles. The van der Waals surface area contributed by atoms with Crippen molar-refractivity contribution in [2.45, 2.75) is 13.5 Å². The van der Waals surface area contributed by atoms with E-state index in [1.165, 1.54) is 24.6 Å². The summed E-state index contributed by atoms with van der Waals surface area (Å²) in [6, 6.07) is 0. The number of aromatic nitrogens is 2. The van der Waals surface area contributed by atoms with E-state index in [9.17, 15) is 0 Å². The van der Waals surface area contributed by atoms with Gasteiger partial charge in [-0.05, 0) is 6.92 Å². The van der Waals surface area contributed by atoms with E-state index in [1.54, 1.807) is 0 Å². The summed E-state index contributed by atoms with van der Waals surface area (Å²) in [4.78, 5) is 2.49. The van der Waals surface area contributed by atoms with Gasteiger partial charge in [0.1, 0.15) is 0 Å².